The van der Waals surface area contributed by atoms with E-state index in [2.05, 4.69) is 40.7 Å². The Hall–Kier alpha value is -0.870. The fraction of sp³-hybridized carbons (Fsp3) is 0.500. The van der Waals surface area contributed by atoms with Crippen LogP contribution in [-0.2, 0) is 4.79 Å². The number of nitrogens with zero attached hydrogens (tertiary/aromatic N) is 1. The van der Waals surface area contributed by atoms with E-state index in [1.165, 1.54) is 24.0 Å². The Morgan fingerprint density at radius 2 is 2.22 bits per heavy atom. The number of nitrogens with two attached hydrogens (primary N) is 1. The first-order chi connectivity index (χ1) is 8.50. The number of hydrogen-bond donors (Lipinski definition) is 1. The molecule has 0 spiro atoms. The molecule has 18 heavy (non-hydrogen) atoms. The van der Waals surface area contributed by atoms with Gasteiger partial charge in [0.1, 0.15) is 0 Å². The van der Waals surface area contributed by atoms with E-state index >= 15 is 0 Å². The minimum absolute atomic E-state index is 0.225. The van der Waals surface area contributed by atoms with Crippen LogP contribution in [0.3, 0.4) is 0 Å². The van der Waals surface area contributed by atoms with Crippen LogP contribution in [0, 0.1) is 6.92 Å². The number of amides is 1. The quantitative estimate of drug-likeness (QED) is 0.909. The van der Waals surface area contributed by atoms with Gasteiger partial charge in [-0.3, -0.25) is 9.69 Å². The number of benzene rings is 1. The van der Waals surface area contributed by atoms with Gasteiger partial charge in [-0.25, -0.2) is 0 Å². The van der Waals surface area contributed by atoms with Crippen molar-refractivity contribution in [2.75, 3.05) is 6.54 Å². The zero-order valence-electron chi connectivity index (χ0n) is 10.8. The number of hydrogen-bond acceptors (Lipinski definition) is 2. The van der Waals surface area contributed by atoms with Crippen molar-refractivity contribution >= 4 is 21.8 Å². The van der Waals surface area contributed by atoms with Gasteiger partial charge in [0.15, 0.2) is 0 Å². The molecule has 0 radical (unpaired) electrons. The molecule has 1 aromatic carbocycles. The Morgan fingerprint density at radius 3 is 2.78 bits per heavy atom. The van der Waals surface area contributed by atoms with Gasteiger partial charge in [0, 0.05) is 16.6 Å². The predicted octanol–water partition coefficient (Wildman–Crippen LogP) is 2.77. The highest BCUT2D eigenvalue weighted by Crippen LogP contribution is 2.36. The van der Waals surface area contributed by atoms with E-state index in [0.29, 0.717) is 12.6 Å². The lowest BCUT2D eigenvalue weighted by molar-refractivity contribution is -0.119. The molecular formula is C14H19BrN2O. The summed E-state index contributed by atoms with van der Waals surface area (Å²) >= 11 is 3.56. The maximum atomic E-state index is 11.2. The number of primary amides is 1. The molecular weight excluding hydrogens is 292 g/mol. The third-order valence-electron chi connectivity index (χ3n) is 3.61. The first kappa shape index (κ1) is 13.6. The van der Waals surface area contributed by atoms with Crippen LogP contribution in [0.5, 0.6) is 0 Å². The zero-order valence-corrected chi connectivity index (χ0v) is 12.4. The van der Waals surface area contributed by atoms with Crippen LogP contribution in [0.25, 0.3) is 0 Å². The number of halogens is 1. The van der Waals surface area contributed by atoms with E-state index in [4.69, 9.17) is 5.73 Å². The summed E-state index contributed by atoms with van der Waals surface area (Å²) in [6.07, 6.45) is 2.34. The van der Waals surface area contributed by atoms with Crippen molar-refractivity contribution in [1.82, 2.24) is 4.90 Å². The molecule has 98 valence electrons. The lowest BCUT2D eigenvalue weighted by Crippen LogP contribution is -2.37. The van der Waals surface area contributed by atoms with E-state index < -0.39 is 0 Å². The van der Waals surface area contributed by atoms with Crippen molar-refractivity contribution in [2.24, 2.45) is 5.73 Å². The Morgan fingerprint density at radius 1 is 1.56 bits per heavy atom. The fourth-order valence-electron chi connectivity index (χ4n) is 2.42. The molecule has 0 aliphatic heterocycles. The Labute approximate surface area is 116 Å². The van der Waals surface area contributed by atoms with Gasteiger partial charge in [-0.2, -0.15) is 0 Å². The summed E-state index contributed by atoms with van der Waals surface area (Å²) in [6, 6.07) is 6.95. The predicted molar refractivity (Wildman–Crippen MR) is 76.2 cm³/mol. The molecule has 1 amide bonds. The van der Waals surface area contributed by atoms with Crippen LogP contribution in [-0.4, -0.2) is 23.4 Å². The van der Waals surface area contributed by atoms with Crippen LogP contribution in [0.1, 0.15) is 36.9 Å². The maximum absolute atomic E-state index is 11.2. The normalized spacial score (nSPS) is 16.9. The third-order valence-corrected chi connectivity index (χ3v) is 4.47. The van der Waals surface area contributed by atoms with E-state index in [0.717, 1.165) is 4.47 Å². The number of carbonyl (C=O) groups excluding carboxylic acids is 1. The molecule has 2 N–H and O–H groups in total. The minimum atomic E-state index is -0.249. The monoisotopic (exact) mass is 310 g/mol. The van der Waals surface area contributed by atoms with Gasteiger partial charge in [0.05, 0.1) is 6.54 Å². The molecule has 4 heteroatoms. The molecule has 1 saturated carbocycles. The molecule has 1 aliphatic carbocycles. The summed E-state index contributed by atoms with van der Waals surface area (Å²) in [7, 11) is 0. The average molecular weight is 311 g/mol. The first-order valence-corrected chi connectivity index (χ1v) is 7.09. The fourth-order valence-corrected chi connectivity index (χ4v) is 2.81. The lowest BCUT2D eigenvalue weighted by atomic mass is 10.0. The molecule has 2 rings (SSSR count). The highest BCUT2D eigenvalue weighted by Gasteiger charge is 2.34. The smallest absolute Gasteiger partial charge is 0.231 e. The van der Waals surface area contributed by atoms with Crippen LogP contribution in [0.4, 0.5) is 0 Å². The van der Waals surface area contributed by atoms with Crippen LogP contribution < -0.4 is 5.73 Å². The molecule has 0 bridgehead atoms. The number of rotatable bonds is 5. The van der Waals surface area contributed by atoms with Crippen molar-refractivity contribution < 1.29 is 4.79 Å². The van der Waals surface area contributed by atoms with Crippen molar-refractivity contribution in [1.29, 1.82) is 0 Å². The van der Waals surface area contributed by atoms with E-state index in [-0.39, 0.29) is 11.9 Å². The Bertz CT molecular complexity index is 457. The molecule has 1 aliphatic rings. The van der Waals surface area contributed by atoms with Gasteiger partial charge in [0.2, 0.25) is 5.91 Å². The lowest BCUT2D eigenvalue weighted by Gasteiger charge is -2.29. The summed E-state index contributed by atoms with van der Waals surface area (Å²) in [5.41, 5.74) is 7.85. The minimum Gasteiger partial charge on any atom is -0.369 e. The molecule has 1 unspecified atom stereocenters. The van der Waals surface area contributed by atoms with Crippen LogP contribution in [0.2, 0.25) is 0 Å². The van der Waals surface area contributed by atoms with Gasteiger partial charge in [0.25, 0.3) is 0 Å². The molecule has 1 aromatic rings. The van der Waals surface area contributed by atoms with Crippen LogP contribution in [0.15, 0.2) is 22.7 Å². The molecule has 3 nitrogen and oxygen atoms in total. The summed E-state index contributed by atoms with van der Waals surface area (Å²) in [4.78, 5) is 13.4. The van der Waals surface area contributed by atoms with Crippen molar-refractivity contribution in [3.05, 3.63) is 33.8 Å². The summed E-state index contributed by atoms with van der Waals surface area (Å²) in [6.45, 7) is 4.60. The molecule has 0 saturated heterocycles. The molecule has 0 heterocycles. The topological polar surface area (TPSA) is 46.3 Å². The van der Waals surface area contributed by atoms with Gasteiger partial charge in [-0.1, -0.05) is 28.1 Å². The third kappa shape index (κ3) is 2.93. The van der Waals surface area contributed by atoms with Crippen molar-refractivity contribution in [3.8, 4) is 0 Å². The molecule has 1 fully saturated rings. The van der Waals surface area contributed by atoms with E-state index in [1.807, 2.05) is 12.1 Å². The zero-order chi connectivity index (χ0) is 13.3. The SMILES string of the molecule is Cc1c(Br)cccc1C(C)N(CC(N)=O)C1CC1. The first-order valence-electron chi connectivity index (χ1n) is 6.29. The van der Waals surface area contributed by atoms with E-state index in [9.17, 15) is 4.79 Å². The van der Waals surface area contributed by atoms with Crippen molar-refractivity contribution in [3.63, 3.8) is 0 Å². The highest BCUT2D eigenvalue weighted by atomic mass is 79.9. The largest absolute Gasteiger partial charge is 0.369 e. The Balaban J connectivity index is 2.24. The second-order valence-electron chi connectivity index (χ2n) is 5.00. The van der Waals surface area contributed by atoms with Gasteiger partial charge >= 0.3 is 0 Å². The second-order valence-corrected chi connectivity index (χ2v) is 5.85. The summed E-state index contributed by atoms with van der Waals surface area (Å²) in [5, 5.41) is 0. The number of carbonyl (C=O) groups is 1. The van der Waals surface area contributed by atoms with Gasteiger partial charge in [-0.05, 0) is 43.9 Å². The highest BCUT2D eigenvalue weighted by molar-refractivity contribution is 9.10. The summed E-state index contributed by atoms with van der Waals surface area (Å²) < 4.78 is 1.11. The van der Waals surface area contributed by atoms with Crippen molar-refractivity contribution in [2.45, 2.75) is 38.8 Å². The van der Waals surface area contributed by atoms with Gasteiger partial charge in [-0.15, -0.1) is 0 Å². The molecule has 1 atom stereocenters. The van der Waals surface area contributed by atoms with E-state index in [1.54, 1.807) is 0 Å². The maximum Gasteiger partial charge on any atom is 0.231 e. The Kier molecular flexibility index (Phi) is 4.07. The molecule has 0 aromatic heterocycles. The standard InChI is InChI=1S/C14H19BrN2O/c1-9-12(4-3-5-13(9)15)10(2)17(8-14(16)18)11-6-7-11/h3-5,10-11H,6-8H2,1-2H3,(H2,16,18). The average Bonchev–Trinajstić information content (AvgIpc) is 3.12. The van der Waals surface area contributed by atoms with Gasteiger partial charge < -0.3 is 5.73 Å². The summed E-state index contributed by atoms with van der Waals surface area (Å²) in [5.74, 6) is -0.249. The van der Waals surface area contributed by atoms with Crippen LogP contribution >= 0.6 is 15.9 Å². The second kappa shape index (κ2) is 5.41.